The highest BCUT2D eigenvalue weighted by atomic mass is 19.3. The number of carbonyl (C=O) groups is 2. The van der Waals surface area contributed by atoms with E-state index in [0.29, 0.717) is 0 Å². The number of halogens is 2. The maximum Gasteiger partial charge on any atom is 0.415 e. The van der Waals surface area contributed by atoms with Crippen molar-refractivity contribution in [2.45, 2.75) is 76.2 Å². The molecule has 2 N–H and O–H groups in total. The fourth-order valence-electron chi connectivity index (χ4n) is 4.85. The lowest BCUT2D eigenvalue weighted by molar-refractivity contribution is -0.104. The van der Waals surface area contributed by atoms with Crippen LogP contribution in [0.25, 0.3) is 5.65 Å². The molecular weight excluding hydrogens is 540 g/mol. The Balaban J connectivity index is 1.52. The van der Waals surface area contributed by atoms with Gasteiger partial charge in [-0.2, -0.15) is 9.61 Å². The number of ether oxygens (including phenoxy) is 2. The SMILES string of the molecule is CO[C@H]1CC[C@@H]1NC(=O)c1cnn2c(N(C)C(=O)OC(C)(C)C)cc(Nc3cccn(C4CC(F)(F)C4)c3=O)nc12. The monoisotopic (exact) mass is 573 g/mol. The molecule has 2 aliphatic carbocycles. The number of carbonyl (C=O) groups excluding carboxylic acids is 2. The highest BCUT2D eigenvalue weighted by molar-refractivity contribution is 6.00. The molecule has 2 aliphatic rings. The van der Waals surface area contributed by atoms with Crippen LogP contribution in [0.2, 0.25) is 0 Å². The van der Waals surface area contributed by atoms with Gasteiger partial charge < -0.3 is 24.7 Å². The summed E-state index contributed by atoms with van der Waals surface area (Å²) < 4.78 is 40.4. The van der Waals surface area contributed by atoms with Gasteiger partial charge in [0.05, 0.1) is 18.3 Å². The van der Waals surface area contributed by atoms with Crippen LogP contribution in [0.3, 0.4) is 0 Å². The molecule has 0 aliphatic heterocycles. The first kappa shape index (κ1) is 28.5. The van der Waals surface area contributed by atoms with Gasteiger partial charge in [-0.15, -0.1) is 0 Å². The van der Waals surface area contributed by atoms with Gasteiger partial charge in [0.1, 0.15) is 28.5 Å². The minimum absolute atomic E-state index is 0.0873. The van der Waals surface area contributed by atoms with E-state index in [1.165, 1.54) is 45.6 Å². The lowest BCUT2D eigenvalue weighted by Crippen LogP contribution is -2.51. The summed E-state index contributed by atoms with van der Waals surface area (Å²) in [6.07, 6.45) is 2.83. The van der Waals surface area contributed by atoms with Crippen LogP contribution in [0.15, 0.2) is 35.4 Å². The third-order valence-electron chi connectivity index (χ3n) is 7.24. The van der Waals surface area contributed by atoms with Gasteiger partial charge in [-0.1, -0.05) is 0 Å². The highest BCUT2D eigenvalue weighted by Crippen LogP contribution is 2.44. The van der Waals surface area contributed by atoms with Gasteiger partial charge in [-0.05, 0) is 45.7 Å². The van der Waals surface area contributed by atoms with Crippen molar-refractivity contribution in [2.24, 2.45) is 0 Å². The quantitative estimate of drug-likeness (QED) is 0.435. The predicted molar refractivity (Wildman–Crippen MR) is 146 cm³/mol. The molecule has 5 rings (SSSR count). The summed E-state index contributed by atoms with van der Waals surface area (Å²) in [7, 11) is 3.07. The molecule has 2 fully saturated rings. The lowest BCUT2D eigenvalue weighted by atomic mass is 9.88. The number of methoxy groups -OCH3 is 1. The number of fused-ring (bicyclic) bond motifs is 1. The second-order valence-electron chi connectivity index (χ2n) is 11.4. The minimum Gasteiger partial charge on any atom is -0.443 e. The molecule has 0 unspecified atom stereocenters. The summed E-state index contributed by atoms with van der Waals surface area (Å²) >= 11 is 0. The topological polar surface area (TPSA) is 132 Å². The summed E-state index contributed by atoms with van der Waals surface area (Å²) in [6.45, 7) is 5.20. The van der Waals surface area contributed by atoms with Gasteiger partial charge >= 0.3 is 6.09 Å². The normalized spacial score (nSPS) is 20.2. The molecule has 12 nitrogen and oxygen atoms in total. The van der Waals surface area contributed by atoms with Crippen molar-refractivity contribution in [3.63, 3.8) is 0 Å². The number of nitrogens with zero attached hydrogens (tertiary/aromatic N) is 5. The van der Waals surface area contributed by atoms with E-state index in [2.05, 4.69) is 20.7 Å². The van der Waals surface area contributed by atoms with E-state index in [-0.39, 0.29) is 40.7 Å². The first-order valence-corrected chi connectivity index (χ1v) is 13.3. The summed E-state index contributed by atoms with van der Waals surface area (Å²) in [6, 6.07) is 3.79. The third kappa shape index (κ3) is 5.73. The zero-order chi connectivity index (χ0) is 29.7. The second-order valence-corrected chi connectivity index (χ2v) is 11.4. The average Bonchev–Trinajstić information content (AvgIpc) is 3.29. The highest BCUT2D eigenvalue weighted by Gasteiger charge is 2.46. The first-order chi connectivity index (χ1) is 19.3. The zero-order valence-corrected chi connectivity index (χ0v) is 23.5. The van der Waals surface area contributed by atoms with E-state index in [1.54, 1.807) is 33.9 Å². The molecule has 0 saturated heterocycles. The van der Waals surface area contributed by atoms with Gasteiger partial charge in [0.25, 0.3) is 17.4 Å². The molecule has 0 bridgehead atoms. The molecule has 2 amide bonds. The van der Waals surface area contributed by atoms with Crippen molar-refractivity contribution < 1.29 is 27.8 Å². The Kier molecular flexibility index (Phi) is 7.22. The largest absolute Gasteiger partial charge is 0.443 e. The minimum atomic E-state index is -2.79. The van der Waals surface area contributed by atoms with Crippen LogP contribution < -0.4 is 21.1 Å². The molecule has 3 heterocycles. The van der Waals surface area contributed by atoms with Crippen molar-refractivity contribution in [3.8, 4) is 0 Å². The Bertz CT molecular complexity index is 1540. The van der Waals surface area contributed by atoms with Crippen LogP contribution in [-0.2, 0) is 9.47 Å². The number of anilines is 3. The van der Waals surface area contributed by atoms with E-state index in [0.717, 1.165) is 12.8 Å². The van der Waals surface area contributed by atoms with Crippen molar-refractivity contribution in [1.82, 2.24) is 24.5 Å². The third-order valence-corrected chi connectivity index (χ3v) is 7.24. The predicted octanol–water partition coefficient (Wildman–Crippen LogP) is 3.88. The lowest BCUT2D eigenvalue weighted by Gasteiger charge is -2.36. The second kappa shape index (κ2) is 10.4. The van der Waals surface area contributed by atoms with Crippen LogP contribution in [0.5, 0.6) is 0 Å². The van der Waals surface area contributed by atoms with E-state index in [4.69, 9.17) is 9.47 Å². The Morgan fingerprint density at radius 2 is 1.95 bits per heavy atom. The molecule has 2 atom stereocenters. The number of nitrogens with one attached hydrogen (secondary N) is 2. The molecule has 0 spiro atoms. The van der Waals surface area contributed by atoms with Crippen molar-refractivity contribution >= 4 is 35.0 Å². The molecule has 3 aromatic heterocycles. The molecular formula is C27H33F2N7O5. The van der Waals surface area contributed by atoms with Gasteiger partial charge in [-0.25, -0.2) is 18.6 Å². The Morgan fingerprint density at radius 3 is 2.56 bits per heavy atom. The molecule has 0 aromatic carbocycles. The summed E-state index contributed by atoms with van der Waals surface area (Å²) in [5, 5.41) is 10.2. The fraction of sp³-hybridized carbons (Fsp3) is 0.519. The van der Waals surface area contributed by atoms with Crippen molar-refractivity contribution in [3.05, 3.63) is 46.5 Å². The average molecular weight is 574 g/mol. The van der Waals surface area contributed by atoms with Gasteiger partial charge in [0.2, 0.25) is 0 Å². The molecule has 3 aromatic rings. The van der Waals surface area contributed by atoms with E-state index < -0.39 is 48.0 Å². The van der Waals surface area contributed by atoms with Crippen molar-refractivity contribution in [2.75, 3.05) is 24.4 Å². The van der Waals surface area contributed by atoms with E-state index in [1.807, 2.05) is 0 Å². The van der Waals surface area contributed by atoms with Crippen LogP contribution in [0, 0.1) is 0 Å². The molecule has 220 valence electrons. The van der Waals surface area contributed by atoms with Crippen molar-refractivity contribution in [1.29, 1.82) is 0 Å². The maximum atomic E-state index is 13.5. The van der Waals surface area contributed by atoms with Crippen LogP contribution >= 0.6 is 0 Å². The van der Waals surface area contributed by atoms with Gasteiger partial charge in [0.15, 0.2) is 5.65 Å². The molecule has 14 heteroatoms. The number of pyridine rings is 1. The van der Waals surface area contributed by atoms with E-state index >= 15 is 0 Å². The zero-order valence-electron chi connectivity index (χ0n) is 23.5. The first-order valence-electron chi connectivity index (χ1n) is 13.3. The molecule has 2 saturated carbocycles. The number of rotatable bonds is 7. The number of alkyl halides is 2. The summed E-state index contributed by atoms with van der Waals surface area (Å²) in [5.74, 6) is -2.87. The Hall–Kier alpha value is -4.07. The Morgan fingerprint density at radius 1 is 1.22 bits per heavy atom. The van der Waals surface area contributed by atoms with Crippen LogP contribution in [0.4, 0.5) is 30.9 Å². The van der Waals surface area contributed by atoms with Gasteiger partial charge in [-0.3, -0.25) is 14.5 Å². The number of hydrogen-bond donors (Lipinski definition) is 2. The van der Waals surface area contributed by atoms with Crippen LogP contribution in [0.1, 0.15) is 62.9 Å². The summed E-state index contributed by atoms with van der Waals surface area (Å²) in [5.41, 5.74) is -0.911. The number of amides is 2. The van der Waals surface area contributed by atoms with Gasteiger partial charge in [0, 0.05) is 45.3 Å². The number of hydrogen-bond acceptors (Lipinski definition) is 8. The van der Waals surface area contributed by atoms with E-state index in [9.17, 15) is 23.2 Å². The maximum absolute atomic E-state index is 13.5. The molecule has 0 radical (unpaired) electrons. The standard InChI is InChI=1S/C27H33F2N7O5/c1-26(2,3)41-25(39)34(4)21-11-20(31-18-7-6-10-35(24(18)38)15-12-27(28,29)13-15)33-22-16(14-30-36(21)22)23(37)32-17-8-9-19(17)40-5/h6-7,10-11,14-15,17,19H,8-9,12-13H2,1-5H3,(H,31,33)(H,32,37)/t17-,19-/m0/s1. The smallest absolute Gasteiger partial charge is 0.415 e. The number of aromatic nitrogens is 4. The van der Waals surface area contributed by atoms with Crippen LogP contribution in [-0.4, -0.2) is 69.0 Å². The molecule has 41 heavy (non-hydrogen) atoms. The Labute approximate surface area is 234 Å². The summed E-state index contributed by atoms with van der Waals surface area (Å²) in [4.78, 5) is 45.1. The fourth-order valence-corrected chi connectivity index (χ4v) is 4.85.